The Morgan fingerprint density at radius 1 is 1.56 bits per heavy atom. The molecule has 0 saturated carbocycles. The number of hydrogen-bond donors (Lipinski definition) is 1. The average molecular weight is 124 g/mol. The predicted molar refractivity (Wildman–Crippen MR) is 37.7 cm³/mol. The Balaban J connectivity index is 2.92. The van der Waals surface area contributed by atoms with Crippen molar-refractivity contribution in [2.24, 2.45) is 0 Å². The molecule has 0 unspecified atom stereocenters. The van der Waals surface area contributed by atoms with Gasteiger partial charge in [-0.05, 0) is 12.8 Å². The highest BCUT2D eigenvalue weighted by molar-refractivity contribution is 4.81. The molecule has 0 bridgehead atoms. The number of nitriles is 1. The van der Waals surface area contributed by atoms with Gasteiger partial charge in [-0.15, -0.1) is 0 Å². The van der Waals surface area contributed by atoms with Crippen LogP contribution < -0.4 is 5.32 Å². The molecule has 0 amide bonds. The van der Waals surface area contributed by atoms with Crippen molar-refractivity contribution in [1.82, 2.24) is 5.32 Å². The summed E-state index contributed by atoms with van der Waals surface area (Å²) in [4.78, 5) is 0. The minimum absolute atomic E-state index is 0.757. The van der Waals surface area contributed by atoms with E-state index in [-0.39, 0.29) is 0 Å². The Bertz CT molecular complexity index is 111. The third kappa shape index (κ3) is 7.03. The van der Waals surface area contributed by atoms with E-state index in [0.29, 0.717) is 0 Å². The fraction of sp³-hybridized carbons (Fsp3) is 0.571. The molecule has 0 heterocycles. The van der Waals surface area contributed by atoms with E-state index < -0.39 is 0 Å². The highest BCUT2D eigenvalue weighted by Gasteiger charge is 1.75. The maximum absolute atomic E-state index is 8.04. The van der Waals surface area contributed by atoms with Gasteiger partial charge in [0.2, 0.25) is 0 Å². The lowest BCUT2D eigenvalue weighted by Gasteiger charge is -1.88. The SMILES string of the molecule is CCC=CCCNC#N. The lowest BCUT2D eigenvalue weighted by molar-refractivity contribution is 0.862. The van der Waals surface area contributed by atoms with Crippen molar-refractivity contribution in [3.05, 3.63) is 12.2 Å². The van der Waals surface area contributed by atoms with Crippen molar-refractivity contribution < 1.29 is 0 Å². The van der Waals surface area contributed by atoms with Crippen molar-refractivity contribution in [3.8, 4) is 6.19 Å². The van der Waals surface area contributed by atoms with E-state index >= 15 is 0 Å². The molecule has 0 spiro atoms. The third-order valence-corrected chi connectivity index (χ3v) is 0.917. The standard InChI is InChI=1S/C7H12N2/c1-2-3-4-5-6-9-7-8/h3-4,9H,2,5-6H2,1H3. The Morgan fingerprint density at radius 2 is 2.33 bits per heavy atom. The summed E-state index contributed by atoms with van der Waals surface area (Å²) in [6.07, 6.45) is 8.05. The largest absolute Gasteiger partial charge is 0.324 e. The van der Waals surface area contributed by atoms with Crippen molar-refractivity contribution in [3.63, 3.8) is 0 Å². The molecule has 50 valence electrons. The molecule has 0 saturated heterocycles. The maximum Gasteiger partial charge on any atom is 0.176 e. The van der Waals surface area contributed by atoms with E-state index in [1.165, 1.54) is 0 Å². The zero-order chi connectivity index (χ0) is 6.95. The quantitative estimate of drug-likeness (QED) is 0.266. The van der Waals surface area contributed by atoms with Crippen LogP contribution in [-0.4, -0.2) is 6.54 Å². The molecule has 0 aromatic heterocycles. The van der Waals surface area contributed by atoms with Gasteiger partial charge in [0.15, 0.2) is 6.19 Å². The second kappa shape index (κ2) is 7.03. The van der Waals surface area contributed by atoms with Crippen molar-refractivity contribution in [1.29, 1.82) is 5.26 Å². The van der Waals surface area contributed by atoms with Crippen LogP contribution in [0.3, 0.4) is 0 Å². The zero-order valence-electron chi connectivity index (χ0n) is 5.72. The van der Waals surface area contributed by atoms with Crippen LogP contribution in [-0.2, 0) is 0 Å². The van der Waals surface area contributed by atoms with Gasteiger partial charge < -0.3 is 5.32 Å². The first-order valence-corrected chi connectivity index (χ1v) is 3.18. The molecule has 9 heavy (non-hydrogen) atoms. The lowest BCUT2D eigenvalue weighted by Crippen LogP contribution is -2.05. The number of rotatable bonds is 4. The Labute approximate surface area is 56.2 Å². The summed E-state index contributed by atoms with van der Waals surface area (Å²) < 4.78 is 0. The summed E-state index contributed by atoms with van der Waals surface area (Å²) >= 11 is 0. The van der Waals surface area contributed by atoms with Gasteiger partial charge in [0.25, 0.3) is 0 Å². The molecule has 0 radical (unpaired) electrons. The molecule has 1 N–H and O–H groups in total. The number of nitrogens with one attached hydrogen (secondary N) is 1. The molecule has 0 aliphatic heterocycles. The fourth-order valence-corrected chi connectivity index (χ4v) is 0.496. The van der Waals surface area contributed by atoms with Gasteiger partial charge in [-0.3, -0.25) is 0 Å². The zero-order valence-corrected chi connectivity index (χ0v) is 5.72. The smallest absolute Gasteiger partial charge is 0.176 e. The normalized spacial score (nSPS) is 9.33. The van der Waals surface area contributed by atoms with Crippen LogP contribution in [0.2, 0.25) is 0 Å². The van der Waals surface area contributed by atoms with E-state index in [4.69, 9.17) is 5.26 Å². The van der Waals surface area contributed by atoms with Gasteiger partial charge in [0.1, 0.15) is 0 Å². The van der Waals surface area contributed by atoms with Crippen LogP contribution in [0.5, 0.6) is 0 Å². The van der Waals surface area contributed by atoms with Crippen LogP contribution in [0, 0.1) is 11.5 Å². The molecule has 0 atom stereocenters. The first-order valence-electron chi connectivity index (χ1n) is 3.18. The van der Waals surface area contributed by atoms with E-state index in [0.717, 1.165) is 19.4 Å². The molecular formula is C7H12N2. The van der Waals surface area contributed by atoms with Crippen LogP contribution in [0.25, 0.3) is 0 Å². The average Bonchev–Trinajstić information content (AvgIpc) is 1.89. The van der Waals surface area contributed by atoms with Crippen molar-refractivity contribution in [2.75, 3.05) is 6.54 Å². The molecule has 0 aliphatic rings. The topological polar surface area (TPSA) is 35.8 Å². The summed E-state index contributed by atoms with van der Waals surface area (Å²) in [7, 11) is 0. The van der Waals surface area contributed by atoms with Gasteiger partial charge in [-0.25, -0.2) is 0 Å². The van der Waals surface area contributed by atoms with Gasteiger partial charge in [0, 0.05) is 6.54 Å². The summed E-state index contributed by atoms with van der Waals surface area (Å²) in [6.45, 7) is 2.85. The van der Waals surface area contributed by atoms with Crippen LogP contribution in [0.1, 0.15) is 19.8 Å². The fourth-order valence-electron chi connectivity index (χ4n) is 0.496. The van der Waals surface area contributed by atoms with Gasteiger partial charge in [-0.1, -0.05) is 19.1 Å². The van der Waals surface area contributed by atoms with E-state index in [2.05, 4.69) is 24.4 Å². The number of hydrogen-bond acceptors (Lipinski definition) is 2. The Hall–Kier alpha value is -0.970. The van der Waals surface area contributed by atoms with E-state index in [9.17, 15) is 0 Å². The van der Waals surface area contributed by atoms with Gasteiger partial charge in [0.05, 0.1) is 0 Å². The van der Waals surface area contributed by atoms with Crippen LogP contribution in [0.15, 0.2) is 12.2 Å². The Kier molecular flexibility index (Phi) is 6.27. The van der Waals surface area contributed by atoms with Crippen molar-refractivity contribution >= 4 is 0 Å². The first kappa shape index (κ1) is 8.03. The van der Waals surface area contributed by atoms with E-state index in [1.54, 1.807) is 0 Å². The lowest BCUT2D eigenvalue weighted by atomic mass is 10.3. The monoisotopic (exact) mass is 124 g/mol. The summed E-state index contributed by atoms with van der Waals surface area (Å²) in [5, 5.41) is 10.6. The highest BCUT2D eigenvalue weighted by atomic mass is 14.8. The molecule has 0 aromatic rings. The third-order valence-electron chi connectivity index (χ3n) is 0.917. The van der Waals surface area contributed by atoms with Gasteiger partial charge in [-0.2, -0.15) is 5.26 Å². The molecule has 0 aliphatic carbocycles. The maximum atomic E-state index is 8.04. The Morgan fingerprint density at radius 3 is 2.89 bits per heavy atom. The summed E-state index contributed by atoms with van der Waals surface area (Å²) in [6, 6.07) is 0. The number of allylic oxidation sites excluding steroid dienone is 1. The van der Waals surface area contributed by atoms with Gasteiger partial charge >= 0.3 is 0 Å². The summed E-state index contributed by atoms with van der Waals surface area (Å²) in [5.74, 6) is 0. The second-order valence-corrected chi connectivity index (χ2v) is 1.71. The molecular weight excluding hydrogens is 112 g/mol. The van der Waals surface area contributed by atoms with Crippen LogP contribution >= 0.6 is 0 Å². The molecule has 2 nitrogen and oxygen atoms in total. The van der Waals surface area contributed by atoms with Crippen LogP contribution in [0.4, 0.5) is 0 Å². The minimum atomic E-state index is 0.757. The summed E-state index contributed by atoms with van der Waals surface area (Å²) in [5.41, 5.74) is 0. The van der Waals surface area contributed by atoms with E-state index in [1.807, 2.05) is 6.19 Å². The second-order valence-electron chi connectivity index (χ2n) is 1.71. The minimum Gasteiger partial charge on any atom is -0.324 e. The molecule has 0 rings (SSSR count). The van der Waals surface area contributed by atoms with Crippen molar-refractivity contribution in [2.45, 2.75) is 19.8 Å². The molecule has 2 heteroatoms. The number of nitrogens with zero attached hydrogens (tertiary/aromatic N) is 1. The first-order chi connectivity index (χ1) is 4.41. The predicted octanol–water partition coefficient (Wildman–Crippen LogP) is 1.41. The molecule has 0 fully saturated rings. The highest BCUT2D eigenvalue weighted by Crippen LogP contribution is 1.82. The molecule has 0 aromatic carbocycles.